The average molecular weight is 317 g/mol. The monoisotopic (exact) mass is 316 g/mol. The number of ether oxygens (including phenoxy) is 1. The lowest BCUT2D eigenvalue weighted by molar-refractivity contribution is 0.323. The summed E-state index contributed by atoms with van der Waals surface area (Å²) in [5.74, 6) is 0.0941. The first-order valence-corrected chi connectivity index (χ1v) is 6.89. The molecule has 0 spiro atoms. The molecule has 0 aromatic carbocycles. The van der Waals surface area contributed by atoms with Crippen LogP contribution in [0.25, 0.3) is 0 Å². The van der Waals surface area contributed by atoms with Crippen molar-refractivity contribution in [3.63, 3.8) is 0 Å². The van der Waals surface area contributed by atoms with Crippen molar-refractivity contribution < 1.29 is 9.13 Å². The zero-order valence-corrected chi connectivity index (χ0v) is 12.5. The highest BCUT2D eigenvalue weighted by Crippen LogP contribution is 2.19. The van der Waals surface area contributed by atoms with Crippen LogP contribution in [0.2, 0.25) is 0 Å². The summed E-state index contributed by atoms with van der Waals surface area (Å²) in [7, 11) is 0. The molecule has 1 atom stereocenters. The predicted octanol–water partition coefficient (Wildman–Crippen LogP) is 3.95. The molecule has 0 N–H and O–H groups in total. The van der Waals surface area contributed by atoms with Gasteiger partial charge in [0.2, 0.25) is 5.90 Å². The summed E-state index contributed by atoms with van der Waals surface area (Å²) in [6.45, 7) is 6.87. The number of aliphatic imine (C=N–C) groups is 1. The summed E-state index contributed by atoms with van der Waals surface area (Å²) >= 11 is 3.21. The third-order valence-electron chi connectivity index (χ3n) is 2.31. The minimum atomic E-state index is -0.382. The highest BCUT2D eigenvalue weighted by Gasteiger charge is 2.19. The Morgan fingerprint density at radius 3 is 2.56 bits per heavy atom. The van der Waals surface area contributed by atoms with E-state index < -0.39 is 0 Å². The van der Waals surface area contributed by atoms with Crippen LogP contribution in [0.1, 0.15) is 39.3 Å². The zero-order valence-electron chi connectivity index (χ0n) is 10.9. The van der Waals surface area contributed by atoms with Crippen LogP contribution in [-0.4, -0.2) is 23.5 Å². The molecule has 0 saturated heterocycles. The normalized spacial score (nSPS) is 17.6. The SMILES string of the molecule is CC1COC(c2ncc(F)cc2Br)=N1.CCCC. The van der Waals surface area contributed by atoms with Gasteiger partial charge in [0.1, 0.15) is 18.1 Å². The second kappa shape index (κ2) is 7.46. The third kappa shape index (κ3) is 4.37. The molecule has 0 bridgehead atoms. The van der Waals surface area contributed by atoms with Crippen LogP contribution in [0, 0.1) is 5.82 Å². The van der Waals surface area contributed by atoms with Crippen LogP contribution in [0.4, 0.5) is 4.39 Å². The lowest BCUT2D eigenvalue weighted by atomic mass is 10.3. The van der Waals surface area contributed by atoms with E-state index in [1.54, 1.807) is 0 Å². The molecular formula is C13H18BrFN2O. The van der Waals surface area contributed by atoms with Gasteiger partial charge in [-0.15, -0.1) is 0 Å². The first-order chi connectivity index (χ1) is 8.58. The highest BCUT2D eigenvalue weighted by atomic mass is 79.9. The summed E-state index contributed by atoms with van der Waals surface area (Å²) in [6, 6.07) is 1.49. The van der Waals surface area contributed by atoms with Crippen molar-refractivity contribution in [2.45, 2.75) is 39.7 Å². The van der Waals surface area contributed by atoms with Crippen molar-refractivity contribution in [1.29, 1.82) is 0 Å². The molecular weight excluding hydrogens is 299 g/mol. The maximum absolute atomic E-state index is 12.7. The molecule has 5 heteroatoms. The number of halogens is 2. The molecule has 18 heavy (non-hydrogen) atoms. The summed E-state index contributed by atoms with van der Waals surface area (Å²) in [6.07, 6.45) is 3.79. The van der Waals surface area contributed by atoms with Crippen LogP contribution in [0.3, 0.4) is 0 Å². The highest BCUT2D eigenvalue weighted by molar-refractivity contribution is 9.10. The molecule has 0 fully saturated rings. The number of aromatic nitrogens is 1. The lowest BCUT2D eigenvalue weighted by Gasteiger charge is -2.02. The van der Waals surface area contributed by atoms with Crippen molar-refractivity contribution in [2.24, 2.45) is 4.99 Å². The molecule has 3 nitrogen and oxygen atoms in total. The van der Waals surface area contributed by atoms with Crippen molar-refractivity contribution in [1.82, 2.24) is 4.98 Å². The number of hydrogen-bond acceptors (Lipinski definition) is 3. The molecule has 1 aromatic rings. The minimum Gasteiger partial charge on any atom is -0.474 e. The second-order valence-corrected chi connectivity index (χ2v) is 4.93. The Morgan fingerprint density at radius 1 is 1.44 bits per heavy atom. The first-order valence-electron chi connectivity index (χ1n) is 6.10. The Bertz CT molecular complexity index is 421. The Balaban J connectivity index is 0.000000357. The number of pyridine rings is 1. The number of unbranched alkanes of at least 4 members (excludes halogenated alkanes) is 1. The maximum atomic E-state index is 12.7. The van der Waals surface area contributed by atoms with Crippen molar-refractivity contribution in [3.05, 3.63) is 28.2 Å². The van der Waals surface area contributed by atoms with E-state index in [4.69, 9.17) is 4.74 Å². The molecule has 2 rings (SSSR count). The Labute approximate surface area is 116 Å². The van der Waals surface area contributed by atoms with Gasteiger partial charge in [-0.2, -0.15) is 0 Å². The topological polar surface area (TPSA) is 34.5 Å². The van der Waals surface area contributed by atoms with Crippen molar-refractivity contribution >= 4 is 21.8 Å². The van der Waals surface area contributed by atoms with Crippen LogP contribution in [0.15, 0.2) is 21.7 Å². The van der Waals surface area contributed by atoms with E-state index in [1.807, 2.05) is 6.92 Å². The summed E-state index contributed by atoms with van der Waals surface area (Å²) < 4.78 is 18.6. The van der Waals surface area contributed by atoms with Crippen LogP contribution in [0.5, 0.6) is 0 Å². The van der Waals surface area contributed by atoms with E-state index in [-0.39, 0.29) is 11.9 Å². The van der Waals surface area contributed by atoms with E-state index in [0.717, 1.165) is 6.20 Å². The van der Waals surface area contributed by atoms with E-state index in [9.17, 15) is 4.39 Å². The van der Waals surface area contributed by atoms with Gasteiger partial charge in [0, 0.05) is 0 Å². The van der Waals surface area contributed by atoms with Gasteiger partial charge in [-0.1, -0.05) is 26.7 Å². The van der Waals surface area contributed by atoms with Gasteiger partial charge in [-0.25, -0.2) is 14.4 Å². The van der Waals surface area contributed by atoms with E-state index in [0.29, 0.717) is 22.7 Å². The molecule has 1 aliphatic rings. The second-order valence-electron chi connectivity index (χ2n) is 4.08. The number of rotatable bonds is 2. The van der Waals surface area contributed by atoms with Gasteiger partial charge in [0.25, 0.3) is 0 Å². The number of hydrogen-bond donors (Lipinski definition) is 0. The quantitative estimate of drug-likeness (QED) is 0.827. The molecule has 0 saturated carbocycles. The zero-order chi connectivity index (χ0) is 13.5. The number of nitrogens with zero attached hydrogens (tertiary/aromatic N) is 2. The maximum Gasteiger partial charge on any atom is 0.236 e. The van der Waals surface area contributed by atoms with Crippen LogP contribution < -0.4 is 0 Å². The summed E-state index contributed by atoms with van der Waals surface area (Å²) in [5, 5.41) is 0. The average Bonchev–Trinajstić information content (AvgIpc) is 2.76. The fourth-order valence-electron chi connectivity index (χ4n) is 1.18. The van der Waals surface area contributed by atoms with Gasteiger partial charge in [-0.3, -0.25) is 0 Å². The predicted molar refractivity (Wildman–Crippen MR) is 74.4 cm³/mol. The molecule has 100 valence electrons. The van der Waals surface area contributed by atoms with Crippen molar-refractivity contribution in [2.75, 3.05) is 6.61 Å². The first kappa shape index (κ1) is 15.1. The van der Waals surface area contributed by atoms with Gasteiger partial charge >= 0.3 is 0 Å². The smallest absolute Gasteiger partial charge is 0.236 e. The fourth-order valence-corrected chi connectivity index (χ4v) is 1.67. The van der Waals surface area contributed by atoms with Gasteiger partial charge in [0.15, 0.2) is 0 Å². The van der Waals surface area contributed by atoms with Gasteiger partial charge < -0.3 is 4.74 Å². The van der Waals surface area contributed by atoms with E-state index in [2.05, 4.69) is 39.8 Å². The molecule has 1 aliphatic heterocycles. The van der Waals surface area contributed by atoms with Gasteiger partial charge in [-0.05, 0) is 28.9 Å². The van der Waals surface area contributed by atoms with Gasteiger partial charge in [0.05, 0.1) is 16.7 Å². The fraction of sp³-hybridized carbons (Fsp3) is 0.538. The Morgan fingerprint density at radius 2 is 2.11 bits per heavy atom. The molecule has 0 aliphatic carbocycles. The van der Waals surface area contributed by atoms with Crippen LogP contribution >= 0.6 is 15.9 Å². The summed E-state index contributed by atoms with van der Waals surface area (Å²) in [4.78, 5) is 8.15. The standard InChI is InChI=1S/C9H8BrFN2O.C4H10/c1-5-4-14-9(13-5)8-7(10)2-6(11)3-12-8;1-3-4-2/h2-3,5H,4H2,1H3;3-4H2,1-2H3. The van der Waals surface area contributed by atoms with Crippen LogP contribution in [-0.2, 0) is 4.74 Å². The third-order valence-corrected chi connectivity index (χ3v) is 2.91. The largest absolute Gasteiger partial charge is 0.474 e. The molecule has 1 unspecified atom stereocenters. The van der Waals surface area contributed by atoms with E-state index in [1.165, 1.54) is 18.9 Å². The Kier molecular flexibility index (Phi) is 6.25. The molecule has 0 amide bonds. The Hall–Kier alpha value is -0.970. The minimum absolute atomic E-state index is 0.142. The molecule has 0 radical (unpaired) electrons. The van der Waals surface area contributed by atoms with E-state index >= 15 is 0 Å². The molecule has 2 heterocycles. The van der Waals surface area contributed by atoms with Crippen molar-refractivity contribution in [3.8, 4) is 0 Å². The summed E-state index contributed by atoms with van der Waals surface area (Å²) in [5.41, 5.74) is 0.552. The molecule has 1 aromatic heterocycles. The lowest BCUT2D eigenvalue weighted by Crippen LogP contribution is -2.05.